The van der Waals surface area contributed by atoms with Gasteiger partial charge in [0.2, 0.25) is 5.82 Å². The molecule has 0 radical (unpaired) electrons. The van der Waals surface area contributed by atoms with E-state index >= 15 is 0 Å². The van der Waals surface area contributed by atoms with Gasteiger partial charge in [-0.2, -0.15) is 4.37 Å². The van der Waals surface area contributed by atoms with Crippen LogP contribution in [0.4, 0.5) is 0 Å². The highest BCUT2D eigenvalue weighted by Crippen LogP contribution is 2.35. The van der Waals surface area contributed by atoms with Crippen LogP contribution in [0, 0.1) is 13.8 Å². The van der Waals surface area contributed by atoms with Crippen LogP contribution in [-0.4, -0.2) is 15.1 Å². The van der Waals surface area contributed by atoms with Crippen molar-refractivity contribution in [3.05, 3.63) is 58.1 Å². The average Bonchev–Trinajstić information content (AvgIpc) is 3.27. The Morgan fingerprint density at radius 1 is 1.15 bits per heavy atom. The summed E-state index contributed by atoms with van der Waals surface area (Å²) in [6.07, 6.45) is 0. The molecule has 0 saturated heterocycles. The second-order valence-electron chi connectivity index (χ2n) is 6.21. The summed E-state index contributed by atoms with van der Waals surface area (Å²) in [7, 11) is 0. The van der Waals surface area contributed by atoms with Gasteiger partial charge in [0, 0.05) is 21.5 Å². The number of fused-ring (bicyclic) bond motifs is 1. The Hall–Kier alpha value is -2.50. The molecule has 4 nitrogen and oxygen atoms in total. The second-order valence-corrected chi connectivity index (χ2v) is 7.37. The minimum atomic E-state index is 0.0428. The first kappa shape index (κ1) is 16.9. The van der Waals surface area contributed by atoms with Crippen LogP contribution in [0.3, 0.4) is 0 Å². The van der Waals surface area contributed by atoms with Gasteiger partial charge in [0.05, 0.1) is 0 Å². The fraction of sp³-hybridized carbons (Fsp3) is 0.150. The number of benzene rings is 2. The monoisotopic (exact) mass is 382 g/mol. The van der Waals surface area contributed by atoms with Crippen molar-refractivity contribution in [3.8, 4) is 22.2 Å². The molecule has 2 heterocycles. The van der Waals surface area contributed by atoms with Crippen LogP contribution in [0.25, 0.3) is 33.1 Å². The summed E-state index contributed by atoms with van der Waals surface area (Å²) >= 11 is 7.57. The zero-order chi connectivity index (χ0) is 18.4. The minimum absolute atomic E-state index is 0.0428. The molecule has 26 heavy (non-hydrogen) atoms. The summed E-state index contributed by atoms with van der Waals surface area (Å²) < 4.78 is 10.4. The first-order valence-corrected chi connectivity index (χ1v) is 9.24. The molecule has 0 unspecified atom stereocenters. The fourth-order valence-electron chi connectivity index (χ4n) is 2.85. The van der Waals surface area contributed by atoms with Crippen molar-refractivity contribution in [1.29, 1.82) is 0 Å². The Morgan fingerprint density at radius 3 is 2.58 bits per heavy atom. The van der Waals surface area contributed by atoms with E-state index in [0.29, 0.717) is 17.1 Å². The zero-order valence-electron chi connectivity index (χ0n) is 14.5. The Bertz CT molecular complexity index is 1140. The molecule has 0 saturated carbocycles. The number of carbonyl (C=O) groups is 1. The number of aromatic nitrogens is 2. The normalized spacial score (nSPS) is 11.2. The zero-order valence-corrected chi connectivity index (χ0v) is 16.0. The smallest absolute Gasteiger partial charge is 0.209 e. The molecule has 130 valence electrons. The van der Waals surface area contributed by atoms with Crippen molar-refractivity contribution < 1.29 is 9.21 Å². The summed E-state index contributed by atoms with van der Waals surface area (Å²) in [4.78, 5) is 16.0. The van der Waals surface area contributed by atoms with E-state index in [1.165, 1.54) is 11.5 Å². The van der Waals surface area contributed by atoms with Gasteiger partial charge in [-0.25, -0.2) is 4.98 Å². The SMILES string of the molecule is CC(=O)c1ccc(-c2nc(-c3cc4c(C)c(Cl)cc(C)c4o3)ns2)cc1. The number of rotatable bonds is 3. The van der Waals surface area contributed by atoms with Crippen molar-refractivity contribution >= 4 is 39.9 Å². The Kier molecular flexibility index (Phi) is 4.13. The molecule has 0 aliphatic rings. The van der Waals surface area contributed by atoms with Crippen LogP contribution in [0.2, 0.25) is 5.02 Å². The molecule has 6 heteroatoms. The molecule has 0 bridgehead atoms. The third kappa shape index (κ3) is 2.83. The van der Waals surface area contributed by atoms with Crippen LogP contribution < -0.4 is 0 Å². The molecule has 2 aromatic carbocycles. The lowest BCUT2D eigenvalue weighted by Gasteiger charge is -2.01. The van der Waals surface area contributed by atoms with Gasteiger partial charge in [-0.1, -0.05) is 35.9 Å². The van der Waals surface area contributed by atoms with Gasteiger partial charge in [-0.15, -0.1) is 0 Å². The molecule has 0 amide bonds. The van der Waals surface area contributed by atoms with Crippen LogP contribution >= 0.6 is 23.1 Å². The molecule has 0 aliphatic heterocycles. The number of Topliss-reactive ketones (excluding diaryl/α,β-unsaturated/α-hetero) is 1. The Balaban J connectivity index is 1.74. The average molecular weight is 383 g/mol. The van der Waals surface area contributed by atoms with Gasteiger partial charge in [0.15, 0.2) is 11.5 Å². The molecule has 0 spiro atoms. The van der Waals surface area contributed by atoms with E-state index in [1.54, 1.807) is 19.1 Å². The van der Waals surface area contributed by atoms with Crippen LogP contribution in [0.5, 0.6) is 0 Å². The predicted molar refractivity (Wildman–Crippen MR) is 105 cm³/mol. The van der Waals surface area contributed by atoms with E-state index in [1.807, 2.05) is 38.1 Å². The van der Waals surface area contributed by atoms with Gasteiger partial charge < -0.3 is 4.42 Å². The number of hydrogen-bond donors (Lipinski definition) is 0. The van der Waals surface area contributed by atoms with Crippen LogP contribution in [-0.2, 0) is 0 Å². The quantitative estimate of drug-likeness (QED) is 0.402. The van der Waals surface area contributed by atoms with Gasteiger partial charge >= 0.3 is 0 Å². The number of nitrogens with zero attached hydrogens (tertiary/aromatic N) is 2. The summed E-state index contributed by atoms with van der Waals surface area (Å²) in [5, 5.41) is 2.48. The molecule has 2 aromatic heterocycles. The highest BCUT2D eigenvalue weighted by Gasteiger charge is 2.16. The fourth-order valence-corrected chi connectivity index (χ4v) is 3.79. The highest BCUT2D eigenvalue weighted by molar-refractivity contribution is 7.09. The van der Waals surface area contributed by atoms with Crippen molar-refractivity contribution in [3.63, 3.8) is 0 Å². The number of ketones is 1. The number of carbonyl (C=O) groups excluding carboxylic acids is 1. The van der Waals surface area contributed by atoms with E-state index in [2.05, 4.69) is 9.36 Å². The maximum atomic E-state index is 11.4. The molecular formula is C20H15ClN2O2S. The van der Waals surface area contributed by atoms with E-state index in [4.69, 9.17) is 16.0 Å². The highest BCUT2D eigenvalue weighted by atomic mass is 35.5. The van der Waals surface area contributed by atoms with Crippen LogP contribution in [0.15, 0.2) is 40.8 Å². The summed E-state index contributed by atoms with van der Waals surface area (Å²) in [6.45, 7) is 5.49. The Morgan fingerprint density at radius 2 is 1.88 bits per heavy atom. The van der Waals surface area contributed by atoms with Gasteiger partial charge in [-0.05, 0) is 55.6 Å². The van der Waals surface area contributed by atoms with Crippen molar-refractivity contribution in [2.75, 3.05) is 0 Å². The molecule has 0 N–H and O–H groups in total. The summed E-state index contributed by atoms with van der Waals surface area (Å²) in [5.41, 5.74) is 4.38. The molecule has 0 fully saturated rings. The lowest BCUT2D eigenvalue weighted by molar-refractivity contribution is 0.101. The standard InChI is InChI=1S/C20H15ClN2O2S/c1-10-8-16(21)11(2)15-9-17(25-18(10)15)19-22-20(26-23-19)14-6-4-13(5-7-14)12(3)24/h4-9H,1-3H3. The van der Waals surface area contributed by atoms with E-state index in [9.17, 15) is 4.79 Å². The van der Waals surface area contributed by atoms with Crippen molar-refractivity contribution in [1.82, 2.24) is 9.36 Å². The lowest BCUT2D eigenvalue weighted by Crippen LogP contribution is -1.90. The molecule has 0 aliphatic carbocycles. The third-order valence-corrected chi connectivity index (χ3v) is 5.54. The van der Waals surface area contributed by atoms with Crippen molar-refractivity contribution in [2.24, 2.45) is 0 Å². The number of furan rings is 1. The largest absolute Gasteiger partial charge is 0.452 e. The van der Waals surface area contributed by atoms with Crippen LogP contribution in [0.1, 0.15) is 28.4 Å². The van der Waals surface area contributed by atoms with E-state index < -0.39 is 0 Å². The maximum Gasteiger partial charge on any atom is 0.209 e. The Labute approximate surface area is 159 Å². The third-order valence-electron chi connectivity index (χ3n) is 4.38. The topological polar surface area (TPSA) is 56.0 Å². The molecule has 4 rings (SSSR count). The van der Waals surface area contributed by atoms with Gasteiger partial charge in [0.25, 0.3) is 0 Å². The van der Waals surface area contributed by atoms with Crippen molar-refractivity contribution in [2.45, 2.75) is 20.8 Å². The van der Waals surface area contributed by atoms with E-state index in [0.717, 1.165) is 37.7 Å². The first-order valence-electron chi connectivity index (χ1n) is 8.08. The number of aryl methyl sites for hydroxylation is 2. The summed E-state index contributed by atoms with van der Waals surface area (Å²) in [6, 6.07) is 11.2. The molecule has 4 aromatic rings. The number of hydrogen-bond acceptors (Lipinski definition) is 5. The van der Waals surface area contributed by atoms with Gasteiger partial charge in [0.1, 0.15) is 10.6 Å². The van der Waals surface area contributed by atoms with E-state index in [-0.39, 0.29) is 5.78 Å². The maximum absolute atomic E-state index is 11.4. The second kappa shape index (κ2) is 6.34. The lowest BCUT2D eigenvalue weighted by atomic mass is 10.1. The predicted octanol–water partition coefficient (Wildman–Crippen LogP) is 6.09. The number of halogens is 1. The molecule has 0 atom stereocenters. The van der Waals surface area contributed by atoms with Gasteiger partial charge in [-0.3, -0.25) is 4.79 Å². The summed E-state index contributed by atoms with van der Waals surface area (Å²) in [5.74, 6) is 1.21. The minimum Gasteiger partial charge on any atom is -0.452 e. The molecular weight excluding hydrogens is 368 g/mol. The first-order chi connectivity index (χ1) is 12.4.